The summed E-state index contributed by atoms with van der Waals surface area (Å²) in [6, 6.07) is 20.4. The van der Waals surface area contributed by atoms with E-state index in [-0.39, 0.29) is 62.8 Å². The van der Waals surface area contributed by atoms with Gasteiger partial charge in [-0.25, -0.2) is 23.5 Å². The summed E-state index contributed by atoms with van der Waals surface area (Å²) in [5.74, 6) is -4.53. The predicted molar refractivity (Wildman–Crippen MR) is 268 cm³/mol. The van der Waals surface area contributed by atoms with Gasteiger partial charge < -0.3 is 21.1 Å². The highest BCUT2D eigenvalue weighted by molar-refractivity contribution is 7.14. The smallest absolute Gasteiger partial charge is 0.335 e. The number of carbonyl (C=O) groups excluding carboxylic acids is 5. The van der Waals surface area contributed by atoms with Crippen molar-refractivity contribution < 1.29 is 42.7 Å². The summed E-state index contributed by atoms with van der Waals surface area (Å²) in [4.78, 5) is 84.3. The summed E-state index contributed by atoms with van der Waals surface area (Å²) < 4.78 is 29.7. The Morgan fingerprint density at radius 3 is 1.46 bits per heavy atom. The summed E-state index contributed by atoms with van der Waals surface area (Å²) in [5, 5.41) is 27.5. The molecule has 2 fully saturated rings. The van der Waals surface area contributed by atoms with Crippen molar-refractivity contribution in [2.45, 2.75) is 72.0 Å². The van der Waals surface area contributed by atoms with Crippen molar-refractivity contribution in [3.63, 3.8) is 0 Å². The van der Waals surface area contributed by atoms with Crippen molar-refractivity contribution in [3.8, 4) is 22.3 Å². The number of benzene rings is 5. The van der Waals surface area contributed by atoms with Gasteiger partial charge in [0.2, 0.25) is 0 Å². The lowest BCUT2D eigenvalue weighted by Crippen LogP contribution is -2.25. The van der Waals surface area contributed by atoms with E-state index in [9.17, 15) is 38.3 Å². The number of amides is 5. The van der Waals surface area contributed by atoms with E-state index < -0.39 is 35.3 Å². The molecule has 5 amide bonds. The number of aryl methyl sites for hydroxylation is 2. The number of aromatic nitrogens is 2. The van der Waals surface area contributed by atoms with Crippen LogP contribution in [0.15, 0.2) is 102 Å². The minimum atomic E-state index is -1.20. The van der Waals surface area contributed by atoms with Gasteiger partial charge in [-0.3, -0.25) is 34.6 Å². The van der Waals surface area contributed by atoms with Crippen molar-refractivity contribution in [3.05, 3.63) is 175 Å². The Balaban J connectivity index is 0.000000197. The number of aromatic carboxylic acids is 1. The molecule has 14 nitrogen and oxygen atoms in total. The molecule has 2 saturated carbocycles. The molecule has 71 heavy (non-hydrogen) atoms. The number of halogens is 2. The molecular weight excluding hydrogens is 949 g/mol. The molecule has 2 aromatic heterocycles. The second-order valence-corrected chi connectivity index (χ2v) is 19.1. The Labute approximate surface area is 415 Å². The van der Waals surface area contributed by atoms with Crippen LogP contribution in [0.4, 0.5) is 19.0 Å². The lowest BCUT2D eigenvalue weighted by molar-refractivity contribution is 0.0695. The van der Waals surface area contributed by atoms with Gasteiger partial charge in [-0.1, -0.05) is 30.3 Å². The third kappa shape index (κ3) is 12.1. The summed E-state index contributed by atoms with van der Waals surface area (Å²) >= 11 is 2.46. The van der Waals surface area contributed by atoms with E-state index in [1.165, 1.54) is 70.8 Å². The van der Waals surface area contributed by atoms with Crippen molar-refractivity contribution in [1.82, 2.24) is 25.9 Å². The minimum Gasteiger partial charge on any atom is -0.478 e. The zero-order valence-corrected chi connectivity index (χ0v) is 40.5. The molecule has 18 heteroatoms. The predicted octanol–water partition coefficient (Wildman–Crippen LogP) is 10.0. The number of nitrogens with zero attached hydrogens (tertiary/aromatic N) is 2. The molecule has 362 valence electrons. The van der Waals surface area contributed by atoms with Crippen LogP contribution in [0.3, 0.4) is 0 Å². The molecule has 6 N–H and O–H groups in total. The van der Waals surface area contributed by atoms with Gasteiger partial charge in [-0.05, 0) is 152 Å². The number of carboxylic acids is 1. The van der Waals surface area contributed by atoms with Crippen LogP contribution < -0.4 is 26.6 Å². The molecule has 5 aromatic carbocycles. The zero-order chi connectivity index (χ0) is 50.5. The highest BCUT2D eigenvalue weighted by Crippen LogP contribution is 2.34. The van der Waals surface area contributed by atoms with Gasteiger partial charge >= 0.3 is 5.97 Å². The lowest BCUT2D eigenvalue weighted by Gasteiger charge is -2.16. The van der Waals surface area contributed by atoms with E-state index in [2.05, 4.69) is 36.6 Å². The Morgan fingerprint density at radius 2 is 1.03 bits per heavy atom. The standard InChI is InChI=1S/C31H29FN4O3S.C22H18FN3O4S/c1-17-4-5-20(12-18(17)2)16-34-28(37)21-6-9-24(26(13-21)30(39)36-31-33-10-11-40-31)25-14-22(15-27(32)19(25)3)29(38)35-23-7-8-23;1-11-16(9-13(10-18(11)23)19(27)25-14-3-4-14)15-5-2-12(21(29)30)8-17(15)20(28)26-22-24-6-7-31-22/h4-6,9-15,23H,7-8,16H2,1-3H3,(H,34,37)(H,35,38)(H,33,36,39);2,5-10,14H,3-4H2,1H3,(H,25,27)(H,29,30)(H,24,26,28). The van der Waals surface area contributed by atoms with E-state index in [1.54, 1.807) is 49.0 Å². The Kier molecular flexibility index (Phi) is 14.9. The van der Waals surface area contributed by atoms with Crippen LogP contribution >= 0.6 is 22.7 Å². The summed E-state index contributed by atoms with van der Waals surface area (Å²) in [7, 11) is 0. The van der Waals surface area contributed by atoms with Crippen molar-refractivity contribution >= 4 is 68.4 Å². The SMILES string of the molecule is Cc1c(F)cc(C(=O)NC2CC2)cc1-c1ccc(C(=O)O)cc1C(=O)Nc1nccs1.Cc1ccc(CNC(=O)c2ccc(-c3cc(C(=O)NC4CC4)cc(F)c3C)c(C(=O)Nc3nccs3)c2)cc1C. The summed E-state index contributed by atoms with van der Waals surface area (Å²) in [6.07, 6.45) is 6.69. The number of carbonyl (C=O) groups is 6. The first kappa shape index (κ1) is 49.5. The Bertz CT molecular complexity index is 3230. The van der Waals surface area contributed by atoms with Gasteiger partial charge in [0.15, 0.2) is 10.3 Å². The molecule has 9 rings (SSSR count). The van der Waals surface area contributed by atoms with E-state index in [0.29, 0.717) is 44.6 Å². The quantitative estimate of drug-likeness (QED) is 0.0612. The number of thiazole rings is 2. The third-order valence-electron chi connectivity index (χ3n) is 12.0. The molecule has 0 saturated heterocycles. The van der Waals surface area contributed by atoms with Gasteiger partial charge in [0, 0.05) is 69.6 Å². The molecule has 0 aliphatic heterocycles. The molecule has 7 aromatic rings. The number of nitrogens with one attached hydrogen (secondary N) is 5. The molecule has 0 atom stereocenters. The van der Waals surface area contributed by atoms with Gasteiger partial charge in [0.05, 0.1) is 5.56 Å². The number of hydrogen-bond acceptors (Lipinski definition) is 10. The molecule has 0 unspecified atom stereocenters. The fourth-order valence-corrected chi connectivity index (χ4v) is 8.53. The van der Waals surface area contributed by atoms with Crippen molar-refractivity contribution in [1.29, 1.82) is 0 Å². The first-order valence-electron chi connectivity index (χ1n) is 22.5. The average Bonchev–Trinajstić information content (AvgIpc) is 4.24. The number of anilines is 2. The maximum absolute atomic E-state index is 15.0. The van der Waals surface area contributed by atoms with Crippen LogP contribution in [-0.4, -0.2) is 62.7 Å². The van der Waals surface area contributed by atoms with Gasteiger partial charge in [-0.15, -0.1) is 22.7 Å². The van der Waals surface area contributed by atoms with Crippen molar-refractivity contribution in [2.24, 2.45) is 0 Å². The average molecular weight is 996 g/mol. The second-order valence-electron chi connectivity index (χ2n) is 17.3. The fraction of sp³-hybridized carbons (Fsp3) is 0.208. The van der Waals surface area contributed by atoms with Crippen molar-refractivity contribution in [2.75, 3.05) is 10.6 Å². The maximum atomic E-state index is 15.0. The normalized spacial score (nSPS) is 12.8. The van der Waals surface area contributed by atoms with Gasteiger partial charge in [-0.2, -0.15) is 0 Å². The van der Waals surface area contributed by atoms with Crippen LogP contribution in [0.25, 0.3) is 22.3 Å². The summed E-state index contributed by atoms with van der Waals surface area (Å²) in [5.41, 5.74) is 5.94. The molecule has 0 spiro atoms. The lowest BCUT2D eigenvalue weighted by atomic mass is 9.92. The van der Waals surface area contributed by atoms with Crippen LogP contribution in [-0.2, 0) is 6.54 Å². The molecule has 0 radical (unpaired) electrons. The van der Waals surface area contributed by atoms with E-state index >= 15 is 4.39 Å². The first-order chi connectivity index (χ1) is 34.0. The number of hydrogen-bond donors (Lipinski definition) is 6. The van der Waals surface area contributed by atoms with E-state index in [0.717, 1.165) is 42.9 Å². The van der Waals surface area contributed by atoms with Gasteiger partial charge in [0.25, 0.3) is 29.5 Å². The van der Waals surface area contributed by atoms with E-state index in [4.69, 9.17) is 0 Å². The monoisotopic (exact) mass is 995 g/mol. The van der Waals surface area contributed by atoms with Crippen LogP contribution in [0.1, 0.15) is 116 Å². The fourth-order valence-electron chi connectivity index (χ4n) is 7.48. The zero-order valence-electron chi connectivity index (χ0n) is 38.9. The second kappa shape index (κ2) is 21.4. The Hall–Kier alpha value is -7.96. The summed E-state index contributed by atoms with van der Waals surface area (Å²) in [6.45, 7) is 7.51. The highest BCUT2D eigenvalue weighted by Gasteiger charge is 2.28. The molecular formula is C53H47F2N7O7S2. The Morgan fingerprint density at radius 1 is 0.549 bits per heavy atom. The molecule has 2 aliphatic carbocycles. The first-order valence-corrected chi connectivity index (χ1v) is 24.3. The number of rotatable bonds is 14. The largest absolute Gasteiger partial charge is 0.478 e. The molecule has 0 bridgehead atoms. The third-order valence-corrected chi connectivity index (χ3v) is 13.4. The number of carboxylic acid groups (broad SMARTS) is 1. The van der Waals surface area contributed by atoms with Gasteiger partial charge in [0.1, 0.15) is 11.6 Å². The van der Waals surface area contributed by atoms with Crippen LogP contribution in [0, 0.1) is 39.3 Å². The topological polar surface area (TPSA) is 209 Å². The molecule has 2 heterocycles. The minimum absolute atomic E-state index is 0.0392. The van der Waals surface area contributed by atoms with Crippen LogP contribution in [0.2, 0.25) is 0 Å². The van der Waals surface area contributed by atoms with E-state index in [1.807, 2.05) is 32.0 Å². The highest BCUT2D eigenvalue weighted by atomic mass is 32.1. The maximum Gasteiger partial charge on any atom is 0.335 e. The molecule has 2 aliphatic rings. The van der Waals surface area contributed by atoms with Crippen LogP contribution in [0.5, 0.6) is 0 Å².